The minimum Gasteiger partial charge on any atom is -0.495 e. The Balaban J connectivity index is 1.47. The Morgan fingerprint density at radius 1 is 1.03 bits per heavy atom. The summed E-state index contributed by atoms with van der Waals surface area (Å²) in [5, 5.41) is 6.64. The predicted octanol–water partition coefficient (Wildman–Crippen LogP) is 2.87. The van der Waals surface area contributed by atoms with Gasteiger partial charge in [0.05, 0.1) is 19.0 Å². The van der Waals surface area contributed by atoms with E-state index in [4.69, 9.17) is 9.47 Å². The number of carbonyl (C=O) groups is 2. The van der Waals surface area contributed by atoms with Crippen LogP contribution in [0.2, 0.25) is 0 Å². The number of methoxy groups -OCH3 is 1. The Morgan fingerprint density at radius 3 is 2.53 bits per heavy atom. The lowest BCUT2D eigenvalue weighted by Crippen LogP contribution is -2.20. The molecule has 152 valence electrons. The van der Waals surface area contributed by atoms with Crippen molar-refractivity contribution in [2.75, 3.05) is 19.0 Å². The van der Waals surface area contributed by atoms with Crippen LogP contribution in [-0.2, 0) is 4.79 Å². The quantitative estimate of drug-likeness (QED) is 0.444. The molecule has 8 heteroatoms. The summed E-state index contributed by atoms with van der Waals surface area (Å²) in [6.07, 6.45) is 3.03. The van der Waals surface area contributed by atoms with Gasteiger partial charge in [0, 0.05) is 6.20 Å². The molecule has 0 unspecified atom stereocenters. The minimum atomic E-state index is -0.395. The smallest absolute Gasteiger partial charge is 0.289 e. The maximum Gasteiger partial charge on any atom is 0.289 e. The highest BCUT2D eigenvalue weighted by atomic mass is 16.5. The number of benzene rings is 2. The lowest BCUT2D eigenvalue weighted by Gasteiger charge is -2.10. The molecule has 8 nitrogen and oxygen atoms in total. The molecule has 1 aromatic heterocycles. The molecule has 2 aromatic carbocycles. The van der Waals surface area contributed by atoms with Crippen molar-refractivity contribution in [2.24, 2.45) is 5.10 Å². The average molecular weight is 404 g/mol. The van der Waals surface area contributed by atoms with Crippen molar-refractivity contribution < 1.29 is 19.1 Å². The van der Waals surface area contributed by atoms with Crippen LogP contribution in [0, 0.1) is 0 Å². The summed E-state index contributed by atoms with van der Waals surface area (Å²) < 4.78 is 10.7. The number of nitrogens with one attached hydrogen (secondary N) is 2. The SMILES string of the molecule is COc1ccccc1NC(=O)COc1ccc(/C=N/NC(=O)c2ccccn2)cc1. The molecule has 0 saturated heterocycles. The van der Waals surface area contributed by atoms with Crippen LogP contribution in [0.3, 0.4) is 0 Å². The summed E-state index contributed by atoms with van der Waals surface area (Å²) in [6, 6.07) is 19.1. The third kappa shape index (κ3) is 5.90. The van der Waals surface area contributed by atoms with Gasteiger partial charge in [0.15, 0.2) is 6.61 Å². The summed E-state index contributed by atoms with van der Waals surface area (Å²) in [4.78, 5) is 27.9. The van der Waals surface area contributed by atoms with Crippen molar-refractivity contribution in [1.29, 1.82) is 0 Å². The lowest BCUT2D eigenvalue weighted by atomic mass is 10.2. The summed E-state index contributed by atoms with van der Waals surface area (Å²) in [5.41, 5.74) is 4.02. The number of pyridine rings is 1. The number of ether oxygens (including phenoxy) is 2. The van der Waals surface area contributed by atoms with Crippen LogP contribution in [0.15, 0.2) is 78.0 Å². The van der Waals surface area contributed by atoms with E-state index in [-0.39, 0.29) is 18.2 Å². The molecule has 3 rings (SSSR count). The first-order valence-corrected chi connectivity index (χ1v) is 9.06. The van der Waals surface area contributed by atoms with E-state index in [1.807, 2.05) is 6.07 Å². The Kier molecular flexibility index (Phi) is 7.10. The lowest BCUT2D eigenvalue weighted by molar-refractivity contribution is -0.118. The van der Waals surface area contributed by atoms with Gasteiger partial charge in [-0.2, -0.15) is 5.10 Å². The summed E-state index contributed by atoms with van der Waals surface area (Å²) in [7, 11) is 1.54. The number of anilines is 1. The Labute approximate surface area is 173 Å². The largest absolute Gasteiger partial charge is 0.495 e. The van der Waals surface area contributed by atoms with Crippen LogP contribution in [0.4, 0.5) is 5.69 Å². The van der Waals surface area contributed by atoms with Crippen LogP contribution in [0.25, 0.3) is 0 Å². The molecule has 0 spiro atoms. The molecule has 0 fully saturated rings. The molecule has 0 aliphatic rings. The fourth-order valence-electron chi connectivity index (χ4n) is 2.45. The molecule has 0 saturated carbocycles. The van der Waals surface area contributed by atoms with Crippen molar-refractivity contribution in [1.82, 2.24) is 10.4 Å². The van der Waals surface area contributed by atoms with Gasteiger partial charge >= 0.3 is 0 Å². The second-order valence-electron chi connectivity index (χ2n) is 6.02. The van der Waals surface area contributed by atoms with E-state index in [1.165, 1.54) is 19.5 Å². The van der Waals surface area contributed by atoms with E-state index in [9.17, 15) is 9.59 Å². The van der Waals surface area contributed by atoms with Gasteiger partial charge in [0.2, 0.25) is 0 Å². The number of nitrogens with zero attached hydrogens (tertiary/aromatic N) is 2. The van der Waals surface area contributed by atoms with Crippen LogP contribution < -0.4 is 20.2 Å². The van der Waals surface area contributed by atoms with Gasteiger partial charge in [-0.05, 0) is 54.1 Å². The van der Waals surface area contributed by atoms with Gasteiger partial charge in [-0.25, -0.2) is 5.43 Å². The third-order valence-electron chi connectivity index (χ3n) is 3.91. The highest BCUT2D eigenvalue weighted by molar-refractivity contribution is 5.93. The second-order valence-corrected chi connectivity index (χ2v) is 6.02. The Morgan fingerprint density at radius 2 is 1.80 bits per heavy atom. The molecule has 0 bridgehead atoms. The van der Waals surface area contributed by atoms with E-state index in [2.05, 4.69) is 20.8 Å². The standard InChI is InChI=1S/C22H20N4O4/c1-29-20-8-3-2-6-18(20)25-21(27)15-30-17-11-9-16(10-12-17)14-24-26-22(28)19-7-4-5-13-23-19/h2-14H,15H2,1H3,(H,25,27)(H,26,28)/b24-14+. The summed E-state index contributed by atoms with van der Waals surface area (Å²) >= 11 is 0. The number of hydrogen-bond donors (Lipinski definition) is 2. The normalized spacial score (nSPS) is 10.4. The van der Waals surface area contributed by atoms with Crippen LogP contribution in [0.1, 0.15) is 16.1 Å². The third-order valence-corrected chi connectivity index (χ3v) is 3.91. The fraction of sp³-hybridized carbons (Fsp3) is 0.0909. The number of amides is 2. The zero-order valence-corrected chi connectivity index (χ0v) is 16.2. The average Bonchev–Trinajstić information content (AvgIpc) is 2.79. The van der Waals surface area contributed by atoms with Gasteiger partial charge in [0.25, 0.3) is 11.8 Å². The molecule has 0 radical (unpaired) electrons. The van der Waals surface area contributed by atoms with Crippen LogP contribution in [-0.4, -0.2) is 36.7 Å². The van der Waals surface area contributed by atoms with Crippen LogP contribution in [0.5, 0.6) is 11.5 Å². The van der Waals surface area contributed by atoms with E-state index in [0.717, 1.165) is 5.56 Å². The van der Waals surface area contributed by atoms with Crippen molar-refractivity contribution in [3.05, 3.63) is 84.2 Å². The number of aromatic nitrogens is 1. The van der Waals surface area contributed by atoms with Gasteiger partial charge in [-0.1, -0.05) is 18.2 Å². The molecule has 0 atom stereocenters. The molecule has 30 heavy (non-hydrogen) atoms. The topological polar surface area (TPSA) is 102 Å². The molecule has 2 amide bonds. The van der Waals surface area contributed by atoms with E-state index in [0.29, 0.717) is 17.2 Å². The van der Waals surface area contributed by atoms with Crippen molar-refractivity contribution in [3.63, 3.8) is 0 Å². The maximum atomic E-state index is 12.1. The summed E-state index contributed by atoms with van der Waals surface area (Å²) in [6.45, 7) is -0.147. The van der Waals surface area contributed by atoms with Crippen molar-refractivity contribution >= 4 is 23.7 Å². The van der Waals surface area contributed by atoms with Crippen molar-refractivity contribution in [2.45, 2.75) is 0 Å². The Bertz CT molecular complexity index is 1020. The molecular formula is C22H20N4O4. The van der Waals surface area contributed by atoms with Gasteiger partial charge in [0.1, 0.15) is 17.2 Å². The minimum absolute atomic E-state index is 0.147. The van der Waals surface area contributed by atoms with Crippen LogP contribution >= 0.6 is 0 Å². The number of carbonyl (C=O) groups excluding carboxylic acids is 2. The fourth-order valence-corrected chi connectivity index (χ4v) is 2.45. The predicted molar refractivity (Wildman–Crippen MR) is 113 cm³/mol. The molecule has 0 aliphatic heterocycles. The highest BCUT2D eigenvalue weighted by Crippen LogP contribution is 2.22. The highest BCUT2D eigenvalue weighted by Gasteiger charge is 2.08. The molecule has 2 N–H and O–H groups in total. The number of rotatable bonds is 8. The van der Waals surface area contributed by atoms with E-state index >= 15 is 0 Å². The zero-order chi connectivity index (χ0) is 21.2. The molecule has 1 heterocycles. The van der Waals surface area contributed by atoms with E-state index in [1.54, 1.807) is 60.7 Å². The second kappa shape index (κ2) is 10.4. The Hall–Kier alpha value is -4.20. The maximum absolute atomic E-state index is 12.1. The first kappa shape index (κ1) is 20.5. The first-order valence-electron chi connectivity index (χ1n) is 9.06. The molecular weight excluding hydrogens is 384 g/mol. The van der Waals surface area contributed by atoms with Crippen molar-refractivity contribution in [3.8, 4) is 11.5 Å². The first-order chi connectivity index (χ1) is 14.7. The molecule has 3 aromatic rings. The van der Waals surface area contributed by atoms with Gasteiger partial charge < -0.3 is 14.8 Å². The van der Waals surface area contributed by atoms with Gasteiger partial charge in [-0.15, -0.1) is 0 Å². The monoisotopic (exact) mass is 404 g/mol. The number of hydrogen-bond acceptors (Lipinski definition) is 6. The summed E-state index contributed by atoms with van der Waals surface area (Å²) in [5.74, 6) is 0.403. The molecule has 0 aliphatic carbocycles. The van der Waals surface area contributed by atoms with Gasteiger partial charge in [-0.3, -0.25) is 14.6 Å². The number of para-hydroxylation sites is 2. The van der Waals surface area contributed by atoms with E-state index < -0.39 is 5.91 Å². The zero-order valence-electron chi connectivity index (χ0n) is 16.2. The number of hydrazone groups is 1.